The van der Waals surface area contributed by atoms with Crippen LogP contribution in [0.4, 0.5) is 0 Å². The number of benzene rings is 1. The van der Waals surface area contributed by atoms with Crippen molar-refractivity contribution in [3.05, 3.63) is 54.7 Å². The summed E-state index contributed by atoms with van der Waals surface area (Å²) >= 11 is 9.65. The van der Waals surface area contributed by atoms with E-state index in [2.05, 4.69) is 33.2 Å². The number of carbonyl (C=O) groups is 2. The third-order valence-electron chi connectivity index (χ3n) is 2.89. The first kappa shape index (κ1) is 17.2. The van der Waals surface area contributed by atoms with Crippen LogP contribution in [-0.2, 0) is 11.3 Å². The molecule has 0 atom stereocenters. The average Bonchev–Trinajstić information content (AvgIpc) is 3.03. The molecule has 0 aliphatic carbocycles. The quantitative estimate of drug-likeness (QED) is 0.665. The second-order valence-electron chi connectivity index (χ2n) is 4.54. The lowest BCUT2D eigenvalue weighted by Gasteiger charge is -2.07. The van der Waals surface area contributed by atoms with Gasteiger partial charge in [-0.1, -0.05) is 17.7 Å². The van der Waals surface area contributed by atoms with Gasteiger partial charge in [0.2, 0.25) is 5.91 Å². The summed E-state index contributed by atoms with van der Waals surface area (Å²) in [6.07, 6.45) is 0.244. The first-order chi connectivity index (χ1) is 10.6. The molecule has 0 saturated heterocycles. The molecule has 0 aliphatic rings. The van der Waals surface area contributed by atoms with Gasteiger partial charge in [0.25, 0.3) is 5.91 Å². The largest absolute Gasteiger partial charge is 0.352 e. The van der Waals surface area contributed by atoms with Crippen LogP contribution in [0.5, 0.6) is 0 Å². The number of rotatable bonds is 6. The van der Waals surface area contributed by atoms with Gasteiger partial charge in [0, 0.05) is 34.0 Å². The fourth-order valence-corrected chi connectivity index (χ4v) is 2.90. The minimum atomic E-state index is -0.154. The topological polar surface area (TPSA) is 58.2 Å². The lowest BCUT2D eigenvalue weighted by Crippen LogP contribution is -2.30. The van der Waals surface area contributed by atoms with Crippen molar-refractivity contribution in [3.8, 4) is 0 Å². The molecule has 2 amide bonds. The van der Waals surface area contributed by atoms with Crippen LogP contribution < -0.4 is 10.6 Å². The highest BCUT2D eigenvalue weighted by Crippen LogP contribution is 2.19. The average molecular weight is 449 g/mol. The zero-order chi connectivity index (χ0) is 15.9. The molecule has 0 spiro atoms. The van der Waals surface area contributed by atoms with Gasteiger partial charge < -0.3 is 10.6 Å². The SMILES string of the molecule is O=C(CCNC(=O)c1ccsc1)NCc1ccc(I)c(Cl)c1. The molecule has 0 aliphatic heterocycles. The summed E-state index contributed by atoms with van der Waals surface area (Å²) < 4.78 is 0.977. The van der Waals surface area contributed by atoms with Gasteiger partial charge in [0.15, 0.2) is 0 Å². The molecule has 0 unspecified atom stereocenters. The highest BCUT2D eigenvalue weighted by atomic mass is 127. The van der Waals surface area contributed by atoms with Crippen LogP contribution in [0.1, 0.15) is 22.3 Å². The van der Waals surface area contributed by atoms with E-state index in [1.165, 1.54) is 11.3 Å². The number of hydrogen-bond acceptors (Lipinski definition) is 3. The van der Waals surface area contributed by atoms with Crippen LogP contribution in [0.2, 0.25) is 5.02 Å². The lowest BCUT2D eigenvalue weighted by atomic mass is 10.2. The van der Waals surface area contributed by atoms with Crippen LogP contribution >= 0.6 is 45.5 Å². The van der Waals surface area contributed by atoms with E-state index in [4.69, 9.17) is 11.6 Å². The van der Waals surface area contributed by atoms with Gasteiger partial charge in [-0.3, -0.25) is 9.59 Å². The Bertz CT molecular complexity index is 662. The van der Waals surface area contributed by atoms with Gasteiger partial charge in [-0.25, -0.2) is 0 Å². The number of amides is 2. The van der Waals surface area contributed by atoms with Crippen molar-refractivity contribution in [1.29, 1.82) is 0 Å². The number of nitrogens with one attached hydrogen (secondary N) is 2. The van der Waals surface area contributed by atoms with Gasteiger partial charge in [-0.05, 0) is 51.7 Å². The van der Waals surface area contributed by atoms with Gasteiger partial charge in [-0.2, -0.15) is 11.3 Å². The molecule has 0 bridgehead atoms. The van der Waals surface area contributed by atoms with Crippen molar-refractivity contribution in [2.45, 2.75) is 13.0 Å². The molecule has 7 heteroatoms. The van der Waals surface area contributed by atoms with Crippen LogP contribution in [0.25, 0.3) is 0 Å². The third-order valence-corrected chi connectivity index (χ3v) is 5.15. The Kier molecular flexibility index (Phi) is 6.66. The highest BCUT2D eigenvalue weighted by Gasteiger charge is 2.07. The highest BCUT2D eigenvalue weighted by molar-refractivity contribution is 14.1. The Morgan fingerprint density at radius 2 is 2.05 bits per heavy atom. The molecular weight excluding hydrogens is 435 g/mol. The van der Waals surface area contributed by atoms with Crippen molar-refractivity contribution >= 4 is 57.3 Å². The van der Waals surface area contributed by atoms with E-state index in [1.54, 1.807) is 11.4 Å². The monoisotopic (exact) mass is 448 g/mol. The third kappa shape index (κ3) is 5.26. The lowest BCUT2D eigenvalue weighted by molar-refractivity contribution is -0.121. The predicted octanol–water partition coefficient (Wildman–Crippen LogP) is 3.44. The smallest absolute Gasteiger partial charge is 0.252 e. The number of thiophene rings is 1. The van der Waals surface area contributed by atoms with Gasteiger partial charge >= 0.3 is 0 Å². The zero-order valence-electron chi connectivity index (χ0n) is 11.6. The molecule has 0 radical (unpaired) electrons. The van der Waals surface area contributed by atoms with E-state index in [1.807, 2.05) is 23.6 Å². The summed E-state index contributed by atoms with van der Waals surface area (Å²) in [5.41, 5.74) is 1.57. The van der Waals surface area contributed by atoms with Crippen LogP contribution in [0, 0.1) is 3.57 Å². The van der Waals surface area contributed by atoms with E-state index >= 15 is 0 Å². The summed E-state index contributed by atoms with van der Waals surface area (Å²) in [5, 5.41) is 9.81. The molecule has 4 nitrogen and oxygen atoms in total. The second kappa shape index (κ2) is 8.50. The fourth-order valence-electron chi connectivity index (χ4n) is 1.72. The molecule has 0 saturated carbocycles. The number of halogens is 2. The predicted molar refractivity (Wildman–Crippen MR) is 97.3 cm³/mol. The molecule has 2 rings (SSSR count). The van der Waals surface area contributed by atoms with Gasteiger partial charge in [0.1, 0.15) is 0 Å². The van der Waals surface area contributed by atoms with E-state index in [-0.39, 0.29) is 18.2 Å². The maximum absolute atomic E-state index is 11.7. The van der Waals surface area contributed by atoms with E-state index in [9.17, 15) is 9.59 Å². The fraction of sp³-hybridized carbons (Fsp3) is 0.200. The van der Waals surface area contributed by atoms with Crippen LogP contribution in [0.3, 0.4) is 0 Å². The van der Waals surface area contributed by atoms with Crippen molar-refractivity contribution in [3.63, 3.8) is 0 Å². The standard InChI is InChI=1S/C15H14ClIN2O2S/c16-12-7-10(1-2-13(12)17)8-19-14(20)3-5-18-15(21)11-4-6-22-9-11/h1-2,4,6-7,9H,3,5,8H2,(H,18,21)(H,19,20). The van der Waals surface area contributed by atoms with Crippen LogP contribution in [-0.4, -0.2) is 18.4 Å². The van der Waals surface area contributed by atoms with Crippen molar-refractivity contribution in [1.82, 2.24) is 10.6 Å². The van der Waals surface area contributed by atoms with E-state index in [0.29, 0.717) is 23.7 Å². The molecule has 1 aromatic carbocycles. The van der Waals surface area contributed by atoms with Crippen molar-refractivity contribution in [2.75, 3.05) is 6.54 Å². The van der Waals surface area contributed by atoms with Crippen molar-refractivity contribution < 1.29 is 9.59 Å². The van der Waals surface area contributed by atoms with E-state index < -0.39 is 0 Å². The normalized spacial score (nSPS) is 10.3. The maximum atomic E-state index is 11.7. The molecule has 1 aromatic heterocycles. The minimum Gasteiger partial charge on any atom is -0.352 e. The summed E-state index contributed by atoms with van der Waals surface area (Å²) in [6.45, 7) is 0.738. The number of carbonyl (C=O) groups excluding carboxylic acids is 2. The Morgan fingerprint density at radius 3 is 2.73 bits per heavy atom. The first-order valence-corrected chi connectivity index (χ1v) is 8.97. The first-order valence-electron chi connectivity index (χ1n) is 6.57. The molecule has 0 fully saturated rings. The summed E-state index contributed by atoms with van der Waals surface area (Å²) in [5.74, 6) is -0.265. The van der Waals surface area contributed by atoms with Gasteiger partial charge in [0.05, 0.1) is 5.02 Å². The minimum absolute atomic E-state index is 0.111. The number of hydrogen-bond donors (Lipinski definition) is 2. The summed E-state index contributed by atoms with van der Waals surface area (Å²) in [7, 11) is 0. The molecule has 116 valence electrons. The Balaban J connectivity index is 1.69. The Hall–Kier alpha value is -1.12. The maximum Gasteiger partial charge on any atom is 0.252 e. The van der Waals surface area contributed by atoms with E-state index in [0.717, 1.165) is 9.13 Å². The Labute approximate surface area is 151 Å². The van der Waals surface area contributed by atoms with Crippen LogP contribution in [0.15, 0.2) is 35.0 Å². The second-order valence-corrected chi connectivity index (χ2v) is 6.89. The Morgan fingerprint density at radius 1 is 1.23 bits per heavy atom. The molecule has 2 N–H and O–H groups in total. The molecule has 2 aromatic rings. The molecule has 1 heterocycles. The van der Waals surface area contributed by atoms with Gasteiger partial charge in [-0.15, -0.1) is 0 Å². The molecular formula is C15H14ClIN2O2S. The molecule has 22 heavy (non-hydrogen) atoms. The van der Waals surface area contributed by atoms with Crippen molar-refractivity contribution in [2.24, 2.45) is 0 Å². The summed E-state index contributed by atoms with van der Waals surface area (Å²) in [4.78, 5) is 23.4. The summed E-state index contributed by atoms with van der Waals surface area (Å²) in [6, 6.07) is 7.42. The zero-order valence-corrected chi connectivity index (χ0v) is 15.3.